The van der Waals surface area contributed by atoms with Gasteiger partial charge in [-0.25, -0.2) is 0 Å². The molecule has 1 aliphatic rings. The van der Waals surface area contributed by atoms with Crippen molar-refractivity contribution in [2.75, 3.05) is 11.5 Å². The molecule has 0 saturated carbocycles. The van der Waals surface area contributed by atoms with Crippen molar-refractivity contribution in [1.82, 2.24) is 0 Å². The van der Waals surface area contributed by atoms with E-state index in [0.717, 1.165) is 69.8 Å². The summed E-state index contributed by atoms with van der Waals surface area (Å²) in [4.78, 5) is 0. The molecule has 0 aliphatic heterocycles. The molecule has 0 atom stereocenters. The maximum absolute atomic E-state index is 13.4. The van der Waals surface area contributed by atoms with E-state index < -0.39 is 28.9 Å². The Labute approximate surface area is 277 Å². The van der Waals surface area contributed by atoms with E-state index in [0.29, 0.717) is 0 Å². The molecule has 0 bridgehead atoms. The number of rotatable bonds is 6. The van der Waals surface area contributed by atoms with Gasteiger partial charge in [-0.2, -0.15) is 26.3 Å². The molecule has 6 aromatic rings. The summed E-state index contributed by atoms with van der Waals surface area (Å²) in [5.41, 5.74) is 15.1. The van der Waals surface area contributed by atoms with E-state index in [1.54, 1.807) is 24.3 Å². The second-order valence-corrected chi connectivity index (χ2v) is 11.6. The Kier molecular flexibility index (Phi) is 7.54. The Hall–Kier alpha value is -5.90. The fraction of sp³-hybridized carbons (Fsp3) is 0.0769. The van der Waals surface area contributed by atoms with E-state index >= 15 is 0 Å². The topological polar surface area (TPSA) is 70.5 Å². The number of nitrogen functional groups attached to an aromatic ring is 2. The normalized spacial score (nSPS) is 13.4. The van der Waals surface area contributed by atoms with Crippen molar-refractivity contribution in [3.63, 3.8) is 0 Å². The summed E-state index contributed by atoms with van der Waals surface area (Å²) < 4.78 is 91.9. The van der Waals surface area contributed by atoms with Crippen LogP contribution in [-0.2, 0) is 17.8 Å². The molecule has 0 heterocycles. The number of ether oxygens (including phenoxy) is 2. The molecule has 0 radical (unpaired) electrons. The zero-order chi connectivity index (χ0) is 34.6. The lowest BCUT2D eigenvalue weighted by Crippen LogP contribution is -2.28. The van der Waals surface area contributed by atoms with Gasteiger partial charge in [0.25, 0.3) is 0 Å². The van der Waals surface area contributed by atoms with E-state index in [-0.39, 0.29) is 34.4 Å². The molecule has 0 fully saturated rings. The summed E-state index contributed by atoms with van der Waals surface area (Å²) in [5, 5.41) is 0. The molecule has 0 amide bonds. The van der Waals surface area contributed by atoms with Crippen LogP contribution in [0.25, 0.3) is 11.1 Å². The predicted octanol–water partition coefficient (Wildman–Crippen LogP) is 10.8. The van der Waals surface area contributed by atoms with Crippen LogP contribution in [-0.4, -0.2) is 0 Å². The van der Waals surface area contributed by atoms with Crippen LogP contribution in [0.2, 0.25) is 0 Å². The van der Waals surface area contributed by atoms with E-state index in [1.807, 2.05) is 72.8 Å². The SMILES string of the molecule is Nc1ccc(C(F)(F)F)cc1Oc1ccc(C2(c3ccc(Oc4cc(C(F)(F)F)ccc4N)cc3)c3ccccc3-c3ccccc32)cc1. The van der Waals surface area contributed by atoms with Gasteiger partial charge in [-0.3, -0.25) is 0 Å². The van der Waals surface area contributed by atoms with Crippen LogP contribution in [0, 0.1) is 0 Å². The van der Waals surface area contributed by atoms with E-state index in [9.17, 15) is 26.3 Å². The van der Waals surface area contributed by atoms with E-state index in [1.165, 1.54) is 0 Å². The highest BCUT2D eigenvalue weighted by Crippen LogP contribution is 2.56. The Bertz CT molecular complexity index is 2020. The van der Waals surface area contributed by atoms with Crippen molar-refractivity contribution >= 4 is 11.4 Å². The van der Waals surface area contributed by atoms with Gasteiger partial charge in [0.2, 0.25) is 0 Å². The minimum atomic E-state index is -4.56. The molecule has 0 unspecified atom stereocenters. The van der Waals surface area contributed by atoms with Gasteiger partial charge in [0.1, 0.15) is 11.5 Å². The molecule has 0 spiro atoms. The number of anilines is 2. The number of halogens is 6. The molecule has 49 heavy (non-hydrogen) atoms. The fourth-order valence-electron chi connectivity index (χ4n) is 6.42. The molecule has 10 heteroatoms. The minimum absolute atomic E-state index is 0.0568. The molecule has 1 aliphatic carbocycles. The van der Waals surface area contributed by atoms with Gasteiger partial charge < -0.3 is 20.9 Å². The summed E-state index contributed by atoms with van der Waals surface area (Å²) in [5.74, 6) is 0.329. The van der Waals surface area contributed by atoms with Crippen molar-refractivity contribution in [2.45, 2.75) is 17.8 Å². The molecule has 4 N–H and O–H groups in total. The van der Waals surface area contributed by atoms with Gasteiger partial charge in [-0.05, 0) is 94.0 Å². The first-order valence-electron chi connectivity index (χ1n) is 15.1. The van der Waals surface area contributed by atoms with E-state index in [4.69, 9.17) is 20.9 Å². The van der Waals surface area contributed by atoms with Crippen LogP contribution in [0.1, 0.15) is 33.4 Å². The molecule has 246 valence electrons. The maximum atomic E-state index is 13.4. The van der Waals surface area contributed by atoms with Crippen LogP contribution in [0.4, 0.5) is 37.7 Å². The zero-order valence-electron chi connectivity index (χ0n) is 25.4. The number of nitrogens with two attached hydrogens (primary N) is 2. The third-order valence-corrected chi connectivity index (χ3v) is 8.66. The summed E-state index contributed by atoms with van der Waals surface area (Å²) in [6, 6.07) is 35.9. The maximum Gasteiger partial charge on any atom is 0.416 e. The predicted molar refractivity (Wildman–Crippen MR) is 176 cm³/mol. The number of hydrogen-bond donors (Lipinski definition) is 2. The second kappa shape index (κ2) is 11.7. The second-order valence-electron chi connectivity index (χ2n) is 11.6. The van der Waals surface area contributed by atoms with Crippen LogP contribution in [0.15, 0.2) is 133 Å². The van der Waals surface area contributed by atoms with Crippen molar-refractivity contribution in [1.29, 1.82) is 0 Å². The first kappa shape index (κ1) is 31.7. The highest BCUT2D eigenvalue weighted by Gasteiger charge is 2.46. The highest BCUT2D eigenvalue weighted by atomic mass is 19.4. The summed E-state index contributed by atoms with van der Waals surface area (Å²) in [6.07, 6.45) is -9.13. The smallest absolute Gasteiger partial charge is 0.416 e. The molecule has 0 saturated heterocycles. The molecule has 0 aromatic heterocycles. The lowest BCUT2D eigenvalue weighted by Gasteiger charge is -2.34. The average molecular weight is 669 g/mol. The van der Waals surface area contributed by atoms with Gasteiger partial charge in [0.15, 0.2) is 11.5 Å². The molecular formula is C39H26F6N2O2. The molecule has 6 aromatic carbocycles. The third kappa shape index (κ3) is 5.58. The van der Waals surface area contributed by atoms with E-state index in [2.05, 4.69) is 0 Å². The Morgan fingerprint density at radius 2 is 0.816 bits per heavy atom. The van der Waals surface area contributed by atoms with Crippen LogP contribution >= 0.6 is 0 Å². The monoisotopic (exact) mass is 668 g/mol. The highest BCUT2D eigenvalue weighted by molar-refractivity contribution is 5.86. The lowest BCUT2D eigenvalue weighted by atomic mass is 9.68. The van der Waals surface area contributed by atoms with Gasteiger partial charge in [-0.1, -0.05) is 72.8 Å². The summed E-state index contributed by atoms with van der Waals surface area (Å²) >= 11 is 0. The minimum Gasteiger partial charge on any atom is -0.455 e. The van der Waals surface area contributed by atoms with Gasteiger partial charge in [0, 0.05) is 0 Å². The Morgan fingerprint density at radius 1 is 0.449 bits per heavy atom. The number of alkyl halides is 6. The van der Waals surface area contributed by atoms with Gasteiger partial charge in [-0.15, -0.1) is 0 Å². The van der Waals surface area contributed by atoms with Crippen molar-refractivity contribution < 1.29 is 35.8 Å². The van der Waals surface area contributed by atoms with Crippen molar-refractivity contribution in [2.24, 2.45) is 0 Å². The number of hydrogen-bond acceptors (Lipinski definition) is 4. The fourth-order valence-corrected chi connectivity index (χ4v) is 6.42. The Balaban J connectivity index is 1.31. The summed E-state index contributed by atoms with van der Waals surface area (Å²) in [7, 11) is 0. The number of fused-ring (bicyclic) bond motifs is 3. The van der Waals surface area contributed by atoms with Crippen molar-refractivity contribution in [3.8, 4) is 34.1 Å². The standard InChI is InChI=1S/C39H26F6N2O2/c40-38(41,42)25-13-19-33(46)35(21-25)48-27-15-9-23(10-16-27)37(31-7-3-1-5-29(31)30-6-2-4-8-32(30)37)24-11-17-28(18-12-24)49-36-22-26(39(43,44)45)14-20-34(36)47/h1-22H,46-47H2. The average Bonchev–Trinajstić information content (AvgIpc) is 3.38. The zero-order valence-corrected chi connectivity index (χ0v) is 25.4. The van der Waals surface area contributed by atoms with Crippen LogP contribution in [0.5, 0.6) is 23.0 Å². The first-order chi connectivity index (χ1) is 23.4. The van der Waals surface area contributed by atoms with Gasteiger partial charge in [0.05, 0.1) is 27.9 Å². The quantitative estimate of drug-likeness (QED) is 0.137. The summed E-state index contributed by atoms with van der Waals surface area (Å²) in [6.45, 7) is 0. The van der Waals surface area contributed by atoms with Gasteiger partial charge >= 0.3 is 12.4 Å². The first-order valence-corrected chi connectivity index (χ1v) is 15.1. The molecular weight excluding hydrogens is 642 g/mol. The van der Waals surface area contributed by atoms with Crippen LogP contribution < -0.4 is 20.9 Å². The molecule has 7 rings (SSSR count). The lowest BCUT2D eigenvalue weighted by molar-refractivity contribution is -0.138. The van der Waals surface area contributed by atoms with Crippen molar-refractivity contribution in [3.05, 3.63) is 167 Å². The third-order valence-electron chi connectivity index (χ3n) is 8.66. The number of benzene rings is 6. The van der Waals surface area contributed by atoms with Crippen LogP contribution in [0.3, 0.4) is 0 Å². The molecule has 4 nitrogen and oxygen atoms in total. The largest absolute Gasteiger partial charge is 0.455 e. The Morgan fingerprint density at radius 3 is 1.18 bits per heavy atom.